The topological polar surface area (TPSA) is 84.5 Å². The third-order valence-electron chi connectivity index (χ3n) is 1.26. The molecule has 1 fully saturated rings. The molecule has 1 aliphatic heterocycles. The Morgan fingerprint density at radius 1 is 1.43 bits per heavy atom. The molecule has 1 rings (SSSR count). The first-order valence-electron chi connectivity index (χ1n) is 4.33. The lowest BCUT2D eigenvalue weighted by Crippen LogP contribution is -2.22. The maximum atomic E-state index is 10.2. The van der Waals surface area contributed by atoms with Crippen LogP contribution in [0.2, 0.25) is 0 Å². The highest BCUT2D eigenvalue weighted by atomic mass is 16.5. The van der Waals surface area contributed by atoms with Crippen LogP contribution in [0.5, 0.6) is 0 Å². The minimum Gasteiger partial charge on any atom is -0.466 e. The van der Waals surface area contributed by atoms with Crippen LogP contribution in [0.4, 0.5) is 4.79 Å². The molecular weight excluding hydrogens is 188 g/mol. The van der Waals surface area contributed by atoms with E-state index in [1.54, 1.807) is 13.8 Å². The summed E-state index contributed by atoms with van der Waals surface area (Å²) < 4.78 is 4.55. The number of hydrogen-bond acceptors (Lipinski definition) is 4. The average Bonchev–Trinajstić information content (AvgIpc) is 2.51. The molecule has 1 aliphatic rings. The van der Waals surface area contributed by atoms with Crippen molar-refractivity contribution in [2.45, 2.75) is 20.3 Å². The summed E-state index contributed by atoms with van der Waals surface area (Å²) in [4.78, 5) is 30.3. The fourth-order valence-electron chi connectivity index (χ4n) is 0.639. The van der Waals surface area contributed by atoms with Crippen LogP contribution in [-0.2, 0) is 14.3 Å². The van der Waals surface area contributed by atoms with Crippen molar-refractivity contribution in [3.8, 4) is 0 Å². The fraction of sp³-hybridized carbons (Fsp3) is 0.625. The number of urea groups is 1. The summed E-state index contributed by atoms with van der Waals surface area (Å²) in [7, 11) is 0. The Morgan fingerprint density at radius 2 is 2.07 bits per heavy atom. The van der Waals surface area contributed by atoms with Crippen LogP contribution in [0.3, 0.4) is 0 Å². The Morgan fingerprint density at radius 3 is 2.21 bits per heavy atom. The largest absolute Gasteiger partial charge is 0.466 e. The van der Waals surface area contributed by atoms with E-state index in [0.29, 0.717) is 13.0 Å². The Bertz CT molecular complexity index is 213. The van der Waals surface area contributed by atoms with Gasteiger partial charge in [-0.1, -0.05) is 6.92 Å². The van der Waals surface area contributed by atoms with E-state index in [4.69, 9.17) is 0 Å². The number of rotatable bonds is 2. The Balaban J connectivity index is 0.000000241. The SMILES string of the molecule is CCOC(=O)CC.O=C1CNC(=O)N1. The molecule has 0 saturated carbocycles. The Hall–Kier alpha value is -1.59. The molecule has 0 unspecified atom stereocenters. The zero-order valence-electron chi connectivity index (χ0n) is 8.25. The van der Waals surface area contributed by atoms with Gasteiger partial charge in [-0.05, 0) is 6.92 Å². The maximum absolute atomic E-state index is 10.2. The molecule has 6 heteroatoms. The molecule has 6 nitrogen and oxygen atoms in total. The van der Waals surface area contributed by atoms with E-state index < -0.39 is 6.03 Å². The third-order valence-corrected chi connectivity index (χ3v) is 1.26. The number of carbonyl (C=O) groups excluding carboxylic acids is 3. The molecule has 0 radical (unpaired) electrons. The normalized spacial score (nSPS) is 13.6. The summed E-state index contributed by atoms with van der Waals surface area (Å²) in [6.45, 7) is 4.19. The Labute approximate surface area is 82.0 Å². The number of carbonyl (C=O) groups is 3. The van der Waals surface area contributed by atoms with Crippen LogP contribution in [0.15, 0.2) is 0 Å². The van der Waals surface area contributed by atoms with E-state index in [-0.39, 0.29) is 18.4 Å². The molecular formula is C8H14N2O4. The zero-order valence-corrected chi connectivity index (χ0v) is 8.25. The van der Waals surface area contributed by atoms with Gasteiger partial charge in [0.2, 0.25) is 5.91 Å². The van der Waals surface area contributed by atoms with Crippen molar-refractivity contribution in [3.63, 3.8) is 0 Å². The first-order chi connectivity index (χ1) is 6.60. The summed E-state index contributed by atoms with van der Waals surface area (Å²) in [6, 6.07) is -0.398. The number of amides is 3. The van der Waals surface area contributed by atoms with E-state index in [9.17, 15) is 14.4 Å². The lowest BCUT2D eigenvalue weighted by Gasteiger charge is -1.93. The second-order valence-corrected chi connectivity index (χ2v) is 2.39. The van der Waals surface area contributed by atoms with E-state index >= 15 is 0 Å². The van der Waals surface area contributed by atoms with E-state index in [2.05, 4.69) is 10.1 Å². The van der Waals surface area contributed by atoms with E-state index in [0.717, 1.165) is 0 Å². The van der Waals surface area contributed by atoms with Gasteiger partial charge in [-0.15, -0.1) is 0 Å². The molecule has 0 aromatic heterocycles. The van der Waals surface area contributed by atoms with Gasteiger partial charge in [-0.3, -0.25) is 14.9 Å². The van der Waals surface area contributed by atoms with Gasteiger partial charge in [0.05, 0.1) is 13.2 Å². The molecule has 2 N–H and O–H groups in total. The van der Waals surface area contributed by atoms with Gasteiger partial charge in [0, 0.05) is 6.42 Å². The van der Waals surface area contributed by atoms with Gasteiger partial charge in [0.15, 0.2) is 0 Å². The summed E-state index contributed by atoms with van der Waals surface area (Å²) >= 11 is 0. The Kier molecular flexibility index (Phi) is 6.09. The van der Waals surface area contributed by atoms with Crippen LogP contribution in [0, 0.1) is 0 Å². The van der Waals surface area contributed by atoms with Crippen molar-refractivity contribution in [2.24, 2.45) is 0 Å². The summed E-state index contributed by atoms with van der Waals surface area (Å²) in [6.07, 6.45) is 0.480. The minimum absolute atomic E-state index is 0.123. The predicted octanol–water partition coefficient (Wildman–Crippen LogP) is -0.215. The number of ether oxygens (including phenoxy) is 1. The van der Waals surface area contributed by atoms with Crippen molar-refractivity contribution < 1.29 is 19.1 Å². The van der Waals surface area contributed by atoms with Crippen molar-refractivity contribution in [2.75, 3.05) is 13.2 Å². The number of esters is 1. The number of nitrogens with one attached hydrogen (secondary N) is 2. The zero-order chi connectivity index (χ0) is 11.0. The highest BCUT2D eigenvalue weighted by molar-refractivity contribution is 6.01. The predicted molar refractivity (Wildman–Crippen MR) is 48.5 cm³/mol. The number of imide groups is 1. The molecule has 0 aromatic carbocycles. The smallest absolute Gasteiger partial charge is 0.321 e. The molecule has 3 amide bonds. The standard InChI is InChI=1S/C5H10O2.C3H4N2O2/c1-3-5(6)7-4-2;6-2-1-4-3(7)5-2/h3-4H2,1-2H3;1H2,(H2,4,5,6,7). The highest BCUT2D eigenvalue weighted by Gasteiger charge is 2.14. The van der Waals surface area contributed by atoms with Gasteiger partial charge in [0.25, 0.3) is 0 Å². The molecule has 1 saturated heterocycles. The summed E-state index contributed by atoms with van der Waals surface area (Å²) in [5.41, 5.74) is 0. The molecule has 1 heterocycles. The second kappa shape index (κ2) is 6.88. The van der Waals surface area contributed by atoms with Crippen LogP contribution in [0.25, 0.3) is 0 Å². The highest BCUT2D eigenvalue weighted by Crippen LogP contribution is 1.80. The van der Waals surface area contributed by atoms with Crippen LogP contribution in [-0.4, -0.2) is 31.1 Å². The fourth-order valence-corrected chi connectivity index (χ4v) is 0.639. The van der Waals surface area contributed by atoms with Crippen molar-refractivity contribution in [3.05, 3.63) is 0 Å². The molecule has 0 atom stereocenters. The van der Waals surface area contributed by atoms with Gasteiger partial charge in [-0.2, -0.15) is 0 Å². The van der Waals surface area contributed by atoms with Gasteiger partial charge < -0.3 is 10.1 Å². The van der Waals surface area contributed by atoms with Crippen LogP contribution in [0.1, 0.15) is 20.3 Å². The molecule has 0 bridgehead atoms. The van der Waals surface area contributed by atoms with Crippen LogP contribution < -0.4 is 10.6 Å². The molecule has 0 aromatic rings. The van der Waals surface area contributed by atoms with Gasteiger partial charge in [0.1, 0.15) is 0 Å². The van der Waals surface area contributed by atoms with Gasteiger partial charge >= 0.3 is 12.0 Å². The third kappa shape index (κ3) is 5.99. The molecule has 80 valence electrons. The first kappa shape index (κ1) is 12.4. The average molecular weight is 202 g/mol. The quantitative estimate of drug-likeness (QED) is 0.479. The lowest BCUT2D eigenvalue weighted by molar-refractivity contribution is -0.142. The van der Waals surface area contributed by atoms with E-state index in [1.807, 2.05) is 5.32 Å². The molecule has 0 aliphatic carbocycles. The molecule has 0 spiro atoms. The summed E-state index contributed by atoms with van der Waals surface area (Å²) in [5.74, 6) is -0.382. The van der Waals surface area contributed by atoms with E-state index in [1.165, 1.54) is 0 Å². The second-order valence-electron chi connectivity index (χ2n) is 2.39. The van der Waals surface area contributed by atoms with Gasteiger partial charge in [-0.25, -0.2) is 4.79 Å². The minimum atomic E-state index is -0.398. The molecule has 14 heavy (non-hydrogen) atoms. The van der Waals surface area contributed by atoms with Crippen molar-refractivity contribution in [1.29, 1.82) is 0 Å². The van der Waals surface area contributed by atoms with Crippen molar-refractivity contribution in [1.82, 2.24) is 10.6 Å². The van der Waals surface area contributed by atoms with Crippen molar-refractivity contribution >= 4 is 17.9 Å². The monoisotopic (exact) mass is 202 g/mol. The number of hydrogen-bond donors (Lipinski definition) is 2. The lowest BCUT2D eigenvalue weighted by atomic mass is 10.5. The maximum Gasteiger partial charge on any atom is 0.321 e. The first-order valence-corrected chi connectivity index (χ1v) is 4.33. The summed E-state index contributed by atoms with van der Waals surface area (Å²) in [5, 5.41) is 4.30. The van der Waals surface area contributed by atoms with Crippen LogP contribution >= 0.6 is 0 Å².